The number of rotatable bonds is 5. The first kappa shape index (κ1) is 19.8. The molecular formula is C21H21N7OS2. The first-order valence-electron chi connectivity index (χ1n) is 10.0. The smallest absolute Gasteiger partial charge is 0.246 e. The number of anilines is 2. The quantitative estimate of drug-likeness (QED) is 0.461. The van der Waals surface area contributed by atoms with Gasteiger partial charge in [-0.15, -0.1) is 11.3 Å². The van der Waals surface area contributed by atoms with Gasteiger partial charge in [0, 0.05) is 61.2 Å². The number of carbonyl (C=O) groups is 1. The molecule has 1 N–H and O–H groups in total. The van der Waals surface area contributed by atoms with Crippen molar-refractivity contribution >= 4 is 56.0 Å². The zero-order valence-electron chi connectivity index (χ0n) is 16.9. The lowest BCUT2D eigenvalue weighted by molar-refractivity contribution is -0.126. The van der Waals surface area contributed by atoms with Crippen molar-refractivity contribution in [3.05, 3.63) is 53.4 Å². The Labute approximate surface area is 187 Å². The van der Waals surface area contributed by atoms with E-state index in [4.69, 9.17) is 4.98 Å². The first-order valence-corrected chi connectivity index (χ1v) is 11.7. The Hall–Kier alpha value is -3.11. The number of hydrogen-bond acceptors (Lipinski definition) is 8. The Kier molecular flexibility index (Phi) is 5.47. The van der Waals surface area contributed by atoms with Crippen molar-refractivity contribution in [2.45, 2.75) is 18.8 Å². The largest absolute Gasteiger partial charge is 0.339 e. The second-order valence-corrected chi connectivity index (χ2v) is 9.11. The van der Waals surface area contributed by atoms with Crippen LogP contribution in [0.15, 0.2) is 42.2 Å². The Morgan fingerprint density at radius 2 is 2.16 bits per heavy atom. The maximum Gasteiger partial charge on any atom is 0.246 e. The van der Waals surface area contributed by atoms with Gasteiger partial charge in [-0.3, -0.25) is 9.48 Å². The molecule has 0 aliphatic carbocycles. The normalized spacial score (nSPS) is 15.2. The van der Waals surface area contributed by atoms with Crippen LogP contribution in [0.1, 0.15) is 30.0 Å². The predicted octanol–water partition coefficient (Wildman–Crippen LogP) is 4.04. The van der Waals surface area contributed by atoms with Crippen molar-refractivity contribution in [3.8, 4) is 0 Å². The number of piperidine rings is 1. The molecule has 1 saturated heterocycles. The van der Waals surface area contributed by atoms with Gasteiger partial charge in [0.1, 0.15) is 4.83 Å². The zero-order valence-corrected chi connectivity index (χ0v) is 18.6. The summed E-state index contributed by atoms with van der Waals surface area (Å²) in [6.45, 7) is 1.47. The lowest BCUT2D eigenvalue weighted by Gasteiger charge is -2.31. The van der Waals surface area contributed by atoms with Crippen molar-refractivity contribution < 1.29 is 4.79 Å². The Morgan fingerprint density at radius 3 is 2.90 bits per heavy atom. The van der Waals surface area contributed by atoms with Gasteiger partial charge in [0.25, 0.3) is 0 Å². The van der Waals surface area contributed by atoms with Gasteiger partial charge < -0.3 is 10.2 Å². The molecule has 1 amide bonds. The summed E-state index contributed by atoms with van der Waals surface area (Å²) < 4.78 is 6.23. The predicted molar refractivity (Wildman–Crippen MR) is 124 cm³/mol. The molecule has 0 atom stereocenters. The summed E-state index contributed by atoms with van der Waals surface area (Å²) in [5.41, 5.74) is 2.01. The number of aromatic nitrogens is 5. The highest BCUT2D eigenvalue weighted by atomic mass is 32.1. The van der Waals surface area contributed by atoms with E-state index in [9.17, 15) is 4.79 Å². The molecule has 1 fully saturated rings. The van der Waals surface area contributed by atoms with Gasteiger partial charge in [-0.1, -0.05) is 0 Å². The van der Waals surface area contributed by atoms with Crippen LogP contribution in [0, 0.1) is 0 Å². The summed E-state index contributed by atoms with van der Waals surface area (Å²) >= 11 is 2.94. The van der Waals surface area contributed by atoms with E-state index in [2.05, 4.69) is 31.9 Å². The second-order valence-electron chi connectivity index (χ2n) is 7.46. The molecule has 0 aromatic carbocycles. The number of amides is 1. The van der Waals surface area contributed by atoms with Crippen molar-refractivity contribution in [3.63, 3.8) is 0 Å². The average Bonchev–Trinajstić information content (AvgIpc) is 3.54. The van der Waals surface area contributed by atoms with Crippen LogP contribution in [-0.4, -0.2) is 48.0 Å². The molecule has 0 spiro atoms. The fourth-order valence-electron chi connectivity index (χ4n) is 3.74. The molecule has 4 aromatic rings. The van der Waals surface area contributed by atoms with Crippen LogP contribution in [0.4, 0.5) is 10.9 Å². The topological polar surface area (TPSA) is 88.8 Å². The number of fused-ring (bicyclic) bond motifs is 1. The summed E-state index contributed by atoms with van der Waals surface area (Å²) in [4.78, 5) is 24.5. The van der Waals surface area contributed by atoms with Gasteiger partial charge in [0.15, 0.2) is 10.9 Å². The molecule has 4 aromatic heterocycles. The van der Waals surface area contributed by atoms with Crippen molar-refractivity contribution in [2.75, 3.05) is 18.4 Å². The van der Waals surface area contributed by atoms with E-state index in [0.29, 0.717) is 5.92 Å². The number of nitrogens with one attached hydrogen (secondary N) is 1. The summed E-state index contributed by atoms with van der Waals surface area (Å²) in [6, 6.07) is 4.18. The van der Waals surface area contributed by atoms with Crippen LogP contribution in [0.3, 0.4) is 0 Å². The molecule has 0 saturated carbocycles. The summed E-state index contributed by atoms with van der Waals surface area (Å²) in [6.07, 6.45) is 10.7. The van der Waals surface area contributed by atoms with Crippen LogP contribution >= 0.6 is 22.9 Å². The maximum atomic E-state index is 12.5. The van der Waals surface area contributed by atoms with Gasteiger partial charge in [-0.2, -0.15) is 9.47 Å². The molecule has 1 aliphatic rings. The molecule has 10 heteroatoms. The lowest BCUT2D eigenvalue weighted by Crippen LogP contribution is -2.37. The Bertz CT molecular complexity index is 1220. The standard InChI is InChI=1S/C21H21N7OS2/c1-27-13-14(12-23-27)2-5-18(29)28-9-6-15(7-10-28)17-4-3-16-19(26-31-20(16)24-17)25-21-22-8-11-30-21/h2-5,8,11-13,15H,6-7,9-10H2,1H3,(H,22,25,26). The summed E-state index contributed by atoms with van der Waals surface area (Å²) in [5.74, 6) is 1.20. The SMILES string of the molecule is Cn1cc(C=CC(=O)N2CCC(c3ccc4c(Nc5nccs5)nsc4n3)CC2)cn1. The first-order chi connectivity index (χ1) is 15.2. The molecular weight excluding hydrogens is 430 g/mol. The molecule has 5 heterocycles. The molecule has 0 radical (unpaired) electrons. The van der Waals surface area contributed by atoms with Crippen LogP contribution in [0.2, 0.25) is 0 Å². The van der Waals surface area contributed by atoms with E-state index >= 15 is 0 Å². The third-order valence-electron chi connectivity index (χ3n) is 5.39. The molecule has 5 rings (SSSR count). The molecule has 0 bridgehead atoms. The number of nitrogens with zero attached hydrogens (tertiary/aromatic N) is 6. The van der Waals surface area contributed by atoms with Crippen molar-refractivity contribution in [1.29, 1.82) is 0 Å². The van der Waals surface area contributed by atoms with E-state index in [0.717, 1.165) is 58.4 Å². The van der Waals surface area contributed by atoms with Crippen LogP contribution in [0.25, 0.3) is 16.3 Å². The maximum absolute atomic E-state index is 12.5. The van der Waals surface area contributed by atoms with E-state index in [1.54, 1.807) is 34.5 Å². The van der Waals surface area contributed by atoms with Gasteiger partial charge in [0.05, 0.1) is 11.6 Å². The summed E-state index contributed by atoms with van der Waals surface area (Å²) in [5, 5.41) is 11.1. The van der Waals surface area contributed by atoms with E-state index < -0.39 is 0 Å². The average molecular weight is 452 g/mol. The highest BCUT2D eigenvalue weighted by Gasteiger charge is 2.24. The number of pyridine rings is 1. The number of carbonyl (C=O) groups excluding carboxylic acids is 1. The van der Waals surface area contributed by atoms with Crippen molar-refractivity contribution in [1.82, 2.24) is 29.0 Å². The molecule has 1 aliphatic heterocycles. The van der Waals surface area contributed by atoms with E-state index in [1.807, 2.05) is 29.6 Å². The fourth-order valence-corrected chi connectivity index (χ4v) is 5.00. The number of aryl methyl sites for hydroxylation is 1. The number of likely N-dealkylation sites (tertiary alicyclic amines) is 1. The monoisotopic (exact) mass is 451 g/mol. The second kappa shape index (κ2) is 8.56. The van der Waals surface area contributed by atoms with Crippen LogP contribution < -0.4 is 5.32 Å². The van der Waals surface area contributed by atoms with Gasteiger partial charge >= 0.3 is 0 Å². The van der Waals surface area contributed by atoms with Gasteiger partial charge in [0.2, 0.25) is 5.91 Å². The summed E-state index contributed by atoms with van der Waals surface area (Å²) in [7, 11) is 1.86. The molecule has 158 valence electrons. The highest BCUT2D eigenvalue weighted by Crippen LogP contribution is 2.32. The minimum Gasteiger partial charge on any atom is -0.339 e. The number of hydrogen-bond donors (Lipinski definition) is 1. The Morgan fingerprint density at radius 1 is 1.29 bits per heavy atom. The molecule has 8 nitrogen and oxygen atoms in total. The number of thiazole rings is 1. The molecule has 31 heavy (non-hydrogen) atoms. The van der Waals surface area contributed by atoms with Crippen molar-refractivity contribution in [2.24, 2.45) is 7.05 Å². The highest BCUT2D eigenvalue weighted by molar-refractivity contribution is 7.14. The van der Waals surface area contributed by atoms with E-state index in [-0.39, 0.29) is 5.91 Å². The zero-order chi connectivity index (χ0) is 21.2. The molecule has 0 unspecified atom stereocenters. The minimum absolute atomic E-state index is 0.0473. The van der Waals surface area contributed by atoms with Crippen LogP contribution in [-0.2, 0) is 11.8 Å². The van der Waals surface area contributed by atoms with Gasteiger partial charge in [-0.25, -0.2) is 9.97 Å². The van der Waals surface area contributed by atoms with Crippen LogP contribution in [0.5, 0.6) is 0 Å². The third-order valence-corrected chi connectivity index (χ3v) is 6.83. The Balaban J connectivity index is 1.22. The van der Waals surface area contributed by atoms with Gasteiger partial charge in [-0.05, 0) is 42.6 Å². The third kappa shape index (κ3) is 4.35. The van der Waals surface area contributed by atoms with E-state index in [1.165, 1.54) is 11.5 Å². The minimum atomic E-state index is 0.0473. The lowest BCUT2D eigenvalue weighted by atomic mass is 9.93. The fraction of sp³-hybridized carbons (Fsp3) is 0.286.